The summed E-state index contributed by atoms with van der Waals surface area (Å²) in [6, 6.07) is 8.71. The number of fused-ring (bicyclic) bond motifs is 1. The van der Waals surface area contributed by atoms with E-state index >= 15 is 0 Å². The normalized spacial score (nSPS) is 19.4. The topological polar surface area (TPSA) is 9.23 Å². The standard InChI is InChI=1S/C15H22OS/c1-15(2,3)8-9-16-10-12-11-17-14-7-5-4-6-13(12)14/h4-7,12H,8-11H2,1-3H3. The molecule has 1 aliphatic rings. The fraction of sp³-hybridized carbons (Fsp3) is 0.600. The van der Waals surface area contributed by atoms with Crippen LogP contribution >= 0.6 is 11.8 Å². The third-order valence-electron chi connectivity index (χ3n) is 3.11. The Morgan fingerprint density at radius 1 is 1.29 bits per heavy atom. The van der Waals surface area contributed by atoms with Crippen molar-refractivity contribution in [2.24, 2.45) is 5.41 Å². The molecule has 1 aliphatic heterocycles. The highest BCUT2D eigenvalue weighted by atomic mass is 32.2. The van der Waals surface area contributed by atoms with Gasteiger partial charge in [0.25, 0.3) is 0 Å². The van der Waals surface area contributed by atoms with Gasteiger partial charge in [-0.25, -0.2) is 0 Å². The molecule has 0 amide bonds. The number of benzene rings is 1. The first-order valence-electron chi connectivity index (χ1n) is 6.36. The minimum absolute atomic E-state index is 0.377. The summed E-state index contributed by atoms with van der Waals surface area (Å²) in [7, 11) is 0. The summed E-state index contributed by atoms with van der Waals surface area (Å²) in [5.74, 6) is 1.77. The molecule has 1 aromatic carbocycles. The second-order valence-corrected chi connectivity index (χ2v) is 6.99. The minimum Gasteiger partial charge on any atom is -0.381 e. The summed E-state index contributed by atoms with van der Waals surface area (Å²) >= 11 is 1.96. The van der Waals surface area contributed by atoms with Gasteiger partial charge in [0, 0.05) is 23.2 Å². The van der Waals surface area contributed by atoms with Crippen molar-refractivity contribution >= 4 is 11.8 Å². The van der Waals surface area contributed by atoms with E-state index in [2.05, 4.69) is 45.0 Å². The number of ether oxygens (including phenoxy) is 1. The smallest absolute Gasteiger partial charge is 0.0543 e. The number of thioether (sulfide) groups is 1. The Bertz CT molecular complexity index is 367. The van der Waals surface area contributed by atoms with Crippen LogP contribution in [-0.2, 0) is 4.74 Å². The molecule has 0 aliphatic carbocycles. The van der Waals surface area contributed by atoms with Crippen molar-refractivity contribution in [1.29, 1.82) is 0 Å². The molecule has 0 bridgehead atoms. The maximum Gasteiger partial charge on any atom is 0.0543 e. The maximum absolute atomic E-state index is 5.84. The van der Waals surface area contributed by atoms with Gasteiger partial charge in [0.05, 0.1) is 6.61 Å². The Balaban J connectivity index is 1.78. The van der Waals surface area contributed by atoms with Gasteiger partial charge < -0.3 is 4.74 Å². The lowest BCUT2D eigenvalue weighted by atomic mass is 9.93. The monoisotopic (exact) mass is 250 g/mol. The van der Waals surface area contributed by atoms with Gasteiger partial charge in [0.2, 0.25) is 0 Å². The van der Waals surface area contributed by atoms with Gasteiger partial charge >= 0.3 is 0 Å². The quantitative estimate of drug-likeness (QED) is 0.736. The summed E-state index contributed by atoms with van der Waals surface area (Å²) in [5.41, 5.74) is 1.86. The number of hydrogen-bond donors (Lipinski definition) is 0. The van der Waals surface area contributed by atoms with E-state index in [0.29, 0.717) is 11.3 Å². The van der Waals surface area contributed by atoms with E-state index in [1.165, 1.54) is 16.2 Å². The summed E-state index contributed by atoms with van der Waals surface area (Å²) in [5, 5.41) is 0. The Morgan fingerprint density at radius 3 is 2.82 bits per heavy atom. The molecule has 1 unspecified atom stereocenters. The van der Waals surface area contributed by atoms with Crippen molar-refractivity contribution in [1.82, 2.24) is 0 Å². The zero-order valence-electron chi connectivity index (χ0n) is 11.0. The fourth-order valence-electron chi connectivity index (χ4n) is 1.97. The summed E-state index contributed by atoms with van der Waals surface area (Å²) in [4.78, 5) is 1.44. The molecule has 0 saturated carbocycles. The van der Waals surface area contributed by atoms with Crippen molar-refractivity contribution in [2.75, 3.05) is 19.0 Å². The maximum atomic E-state index is 5.84. The van der Waals surface area contributed by atoms with Crippen molar-refractivity contribution in [3.63, 3.8) is 0 Å². The van der Waals surface area contributed by atoms with Crippen LogP contribution in [0.1, 0.15) is 38.7 Å². The van der Waals surface area contributed by atoms with Crippen LogP contribution in [0, 0.1) is 5.41 Å². The van der Waals surface area contributed by atoms with E-state index in [0.717, 1.165) is 19.6 Å². The molecule has 1 aromatic rings. The molecule has 94 valence electrons. The van der Waals surface area contributed by atoms with Gasteiger partial charge in [-0.1, -0.05) is 39.0 Å². The lowest BCUT2D eigenvalue weighted by Crippen LogP contribution is -2.13. The van der Waals surface area contributed by atoms with Gasteiger partial charge in [-0.2, -0.15) is 0 Å². The van der Waals surface area contributed by atoms with Crippen molar-refractivity contribution in [3.8, 4) is 0 Å². The van der Waals surface area contributed by atoms with Crippen LogP contribution in [0.15, 0.2) is 29.2 Å². The second-order valence-electron chi connectivity index (χ2n) is 5.93. The first-order valence-corrected chi connectivity index (χ1v) is 7.34. The van der Waals surface area contributed by atoms with E-state index in [-0.39, 0.29) is 0 Å². The van der Waals surface area contributed by atoms with Crippen molar-refractivity contribution < 1.29 is 4.74 Å². The first kappa shape index (κ1) is 13.0. The van der Waals surface area contributed by atoms with E-state index < -0.39 is 0 Å². The average molecular weight is 250 g/mol. The van der Waals surface area contributed by atoms with E-state index in [9.17, 15) is 0 Å². The molecule has 0 radical (unpaired) electrons. The summed E-state index contributed by atoms with van der Waals surface area (Å²) < 4.78 is 5.84. The van der Waals surface area contributed by atoms with Gasteiger partial charge in [0.15, 0.2) is 0 Å². The Labute approximate surface area is 109 Å². The molecular weight excluding hydrogens is 228 g/mol. The highest BCUT2D eigenvalue weighted by Gasteiger charge is 2.22. The van der Waals surface area contributed by atoms with Crippen LogP contribution in [0.25, 0.3) is 0 Å². The molecule has 0 aromatic heterocycles. The molecule has 0 N–H and O–H groups in total. The Morgan fingerprint density at radius 2 is 2.06 bits per heavy atom. The van der Waals surface area contributed by atoms with E-state index in [1.54, 1.807) is 0 Å². The van der Waals surface area contributed by atoms with Crippen molar-refractivity contribution in [2.45, 2.75) is 38.0 Å². The number of hydrogen-bond acceptors (Lipinski definition) is 2. The largest absolute Gasteiger partial charge is 0.381 e. The molecule has 0 fully saturated rings. The molecule has 0 saturated heterocycles. The fourth-order valence-corrected chi connectivity index (χ4v) is 3.20. The Hall–Kier alpha value is -0.470. The Kier molecular flexibility index (Phi) is 4.16. The first-order chi connectivity index (χ1) is 8.06. The van der Waals surface area contributed by atoms with Gasteiger partial charge in [-0.05, 0) is 23.5 Å². The second kappa shape index (κ2) is 5.45. The van der Waals surface area contributed by atoms with Crippen LogP contribution in [0.5, 0.6) is 0 Å². The van der Waals surface area contributed by atoms with E-state index in [4.69, 9.17) is 4.74 Å². The summed E-state index contributed by atoms with van der Waals surface area (Å²) in [6.45, 7) is 8.54. The molecule has 1 heterocycles. The molecule has 17 heavy (non-hydrogen) atoms. The molecule has 2 rings (SSSR count). The molecular formula is C15H22OS. The average Bonchev–Trinajstić information content (AvgIpc) is 2.67. The van der Waals surface area contributed by atoms with Gasteiger partial charge in [0.1, 0.15) is 0 Å². The van der Waals surface area contributed by atoms with Crippen LogP contribution < -0.4 is 0 Å². The highest BCUT2D eigenvalue weighted by Crippen LogP contribution is 2.39. The molecule has 0 spiro atoms. The minimum atomic E-state index is 0.377. The molecule has 1 atom stereocenters. The van der Waals surface area contributed by atoms with Gasteiger partial charge in [-0.15, -0.1) is 11.8 Å². The summed E-state index contributed by atoms with van der Waals surface area (Å²) in [6.07, 6.45) is 1.13. The van der Waals surface area contributed by atoms with Crippen LogP contribution in [0.3, 0.4) is 0 Å². The molecule has 1 nitrogen and oxygen atoms in total. The molecule has 2 heteroatoms. The van der Waals surface area contributed by atoms with E-state index in [1.807, 2.05) is 11.8 Å². The highest BCUT2D eigenvalue weighted by molar-refractivity contribution is 7.99. The van der Waals surface area contributed by atoms with Crippen LogP contribution in [0.2, 0.25) is 0 Å². The van der Waals surface area contributed by atoms with Crippen molar-refractivity contribution in [3.05, 3.63) is 29.8 Å². The zero-order chi connectivity index (χ0) is 12.3. The van der Waals surface area contributed by atoms with Gasteiger partial charge in [-0.3, -0.25) is 0 Å². The predicted octanol–water partition coefficient (Wildman–Crippen LogP) is 4.33. The number of rotatable bonds is 4. The van der Waals surface area contributed by atoms with Crippen LogP contribution in [0.4, 0.5) is 0 Å². The third kappa shape index (κ3) is 3.75. The lowest BCUT2D eigenvalue weighted by Gasteiger charge is -2.18. The SMILES string of the molecule is CC(C)(C)CCOCC1CSc2ccccc21. The van der Waals surface area contributed by atoms with Crippen LogP contribution in [-0.4, -0.2) is 19.0 Å². The lowest BCUT2D eigenvalue weighted by molar-refractivity contribution is 0.100. The zero-order valence-corrected chi connectivity index (χ0v) is 11.8. The third-order valence-corrected chi connectivity index (χ3v) is 4.37. The predicted molar refractivity (Wildman–Crippen MR) is 74.8 cm³/mol.